The fourth-order valence-corrected chi connectivity index (χ4v) is 3.13. The summed E-state index contributed by atoms with van der Waals surface area (Å²) in [6.45, 7) is 4.97. The molecule has 3 aromatic rings. The van der Waals surface area contributed by atoms with E-state index in [0.717, 1.165) is 29.9 Å². The number of hydrogen-bond donors (Lipinski definition) is 4. The third-order valence-corrected chi connectivity index (χ3v) is 4.72. The molecule has 1 unspecified atom stereocenters. The first kappa shape index (κ1) is 20.4. The number of fused-ring (bicyclic) bond motifs is 1. The zero-order valence-electron chi connectivity index (χ0n) is 17.0. The summed E-state index contributed by atoms with van der Waals surface area (Å²) in [5.41, 5.74) is 2.96. The lowest BCUT2D eigenvalue weighted by molar-refractivity contribution is 0.253. The molecule has 0 aliphatic carbocycles. The third kappa shape index (κ3) is 4.84. The van der Waals surface area contributed by atoms with Crippen LogP contribution in [0, 0.1) is 5.82 Å². The van der Waals surface area contributed by atoms with Gasteiger partial charge in [0.25, 0.3) is 0 Å². The van der Waals surface area contributed by atoms with Crippen LogP contribution in [0.25, 0.3) is 0 Å². The van der Waals surface area contributed by atoms with Gasteiger partial charge in [-0.2, -0.15) is 4.98 Å². The van der Waals surface area contributed by atoms with Crippen molar-refractivity contribution in [3.05, 3.63) is 67.1 Å². The minimum absolute atomic E-state index is 0.0253. The van der Waals surface area contributed by atoms with Gasteiger partial charge in [-0.1, -0.05) is 12.6 Å². The van der Waals surface area contributed by atoms with Crippen molar-refractivity contribution in [3.8, 4) is 5.75 Å². The average molecular weight is 422 g/mol. The number of likely N-dealkylation sites (N-methyl/N-ethyl adjacent to an activating group) is 1. The molecule has 2 aromatic carbocycles. The predicted molar refractivity (Wildman–Crippen MR) is 120 cm³/mol. The molecule has 0 radical (unpaired) electrons. The predicted octanol–water partition coefficient (Wildman–Crippen LogP) is 3.85. The zero-order chi connectivity index (χ0) is 21.8. The van der Waals surface area contributed by atoms with E-state index in [-0.39, 0.29) is 11.8 Å². The summed E-state index contributed by atoms with van der Waals surface area (Å²) in [6.07, 6.45) is 1.59. The number of ether oxygens (including phenoxy) is 1. The molecule has 8 nitrogen and oxygen atoms in total. The second-order valence-corrected chi connectivity index (χ2v) is 7.00. The summed E-state index contributed by atoms with van der Waals surface area (Å²) >= 11 is 0. The van der Waals surface area contributed by atoms with Gasteiger partial charge >= 0.3 is 0 Å². The van der Waals surface area contributed by atoms with Crippen molar-refractivity contribution in [1.82, 2.24) is 9.97 Å². The van der Waals surface area contributed by atoms with Crippen molar-refractivity contribution in [1.29, 1.82) is 0 Å². The van der Waals surface area contributed by atoms with E-state index in [9.17, 15) is 9.50 Å². The van der Waals surface area contributed by atoms with Crippen LogP contribution in [-0.2, 0) is 0 Å². The van der Waals surface area contributed by atoms with Crippen LogP contribution < -0.4 is 25.6 Å². The fraction of sp³-hybridized carbons (Fsp3) is 0.182. The molecular formula is C22H23FN6O2. The summed E-state index contributed by atoms with van der Waals surface area (Å²) < 4.78 is 20.0. The largest absolute Gasteiger partial charge is 0.490 e. The highest BCUT2D eigenvalue weighted by Gasteiger charge is 2.16. The Morgan fingerprint density at radius 3 is 2.84 bits per heavy atom. The van der Waals surface area contributed by atoms with Crippen LogP contribution in [0.3, 0.4) is 0 Å². The van der Waals surface area contributed by atoms with Gasteiger partial charge in [0.2, 0.25) is 5.95 Å². The minimum Gasteiger partial charge on any atom is -0.490 e. The number of anilines is 6. The van der Waals surface area contributed by atoms with Gasteiger partial charge in [-0.3, -0.25) is 0 Å². The Bertz CT molecular complexity index is 1090. The molecule has 0 bridgehead atoms. The quantitative estimate of drug-likeness (QED) is 0.337. The van der Waals surface area contributed by atoms with Gasteiger partial charge in [-0.25, -0.2) is 9.37 Å². The van der Waals surface area contributed by atoms with Crippen LogP contribution in [0.15, 0.2) is 61.3 Å². The number of nitrogens with zero attached hydrogens (tertiary/aromatic N) is 3. The zero-order valence-corrected chi connectivity index (χ0v) is 17.0. The van der Waals surface area contributed by atoms with Gasteiger partial charge < -0.3 is 30.7 Å². The van der Waals surface area contributed by atoms with E-state index in [4.69, 9.17) is 4.74 Å². The summed E-state index contributed by atoms with van der Waals surface area (Å²) in [7, 11) is 2.00. The highest BCUT2D eigenvalue weighted by atomic mass is 19.1. The second-order valence-electron chi connectivity index (χ2n) is 7.00. The molecule has 0 fully saturated rings. The molecule has 9 heteroatoms. The second kappa shape index (κ2) is 8.88. The molecule has 2 heterocycles. The van der Waals surface area contributed by atoms with E-state index < -0.39 is 12.0 Å². The summed E-state index contributed by atoms with van der Waals surface area (Å²) in [4.78, 5) is 10.4. The van der Waals surface area contributed by atoms with Gasteiger partial charge in [0.1, 0.15) is 18.6 Å². The SMILES string of the molecule is C=CC(O)Nc1cccc(Nc2nc(Nc3ccc4c(c3)N(C)CCO4)ncc2F)c1. The Labute approximate surface area is 179 Å². The summed E-state index contributed by atoms with van der Waals surface area (Å²) in [5.74, 6) is 0.502. The number of aliphatic hydroxyl groups is 1. The van der Waals surface area contributed by atoms with Crippen molar-refractivity contribution in [2.24, 2.45) is 0 Å². The van der Waals surface area contributed by atoms with E-state index >= 15 is 0 Å². The Kier molecular flexibility index (Phi) is 5.85. The highest BCUT2D eigenvalue weighted by Crippen LogP contribution is 2.34. The lowest BCUT2D eigenvalue weighted by Crippen LogP contribution is -2.28. The average Bonchev–Trinajstić information content (AvgIpc) is 2.77. The first-order valence-corrected chi connectivity index (χ1v) is 9.73. The number of aliphatic hydroxyl groups excluding tert-OH is 1. The molecule has 0 saturated carbocycles. The van der Waals surface area contributed by atoms with Crippen molar-refractivity contribution < 1.29 is 14.2 Å². The molecule has 31 heavy (non-hydrogen) atoms. The molecule has 1 aliphatic heterocycles. The number of benzene rings is 2. The third-order valence-electron chi connectivity index (χ3n) is 4.72. The number of rotatable bonds is 7. The Balaban J connectivity index is 1.52. The molecule has 4 N–H and O–H groups in total. The maximum absolute atomic E-state index is 14.3. The molecule has 0 spiro atoms. The van der Waals surface area contributed by atoms with E-state index in [2.05, 4.69) is 37.4 Å². The lowest BCUT2D eigenvalue weighted by Gasteiger charge is -2.28. The molecule has 1 atom stereocenters. The van der Waals surface area contributed by atoms with Crippen LogP contribution in [0.5, 0.6) is 5.75 Å². The normalized spacial score (nSPS) is 13.6. The van der Waals surface area contributed by atoms with Gasteiger partial charge in [0.05, 0.1) is 18.4 Å². The monoisotopic (exact) mass is 422 g/mol. The maximum atomic E-state index is 14.3. The smallest absolute Gasteiger partial charge is 0.229 e. The van der Waals surface area contributed by atoms with Crippen molar-refractivity contribution in [2.75, 3.05) is 41.0 Å². The van der Waals surface area contributed by atoms with E-state index in [1.165, 1.54) is 6.08 Å². The summed E-state index contributed by atoms with van der Waals surface area (Å²) in [6, 6.07) is 12.7. The van der Waals surface area contributed by atoms with E-state index in [1.807, 2.05) is 25.2 Å². The topological polar surface area (TPSA) is 94.6 Å². The van der Waals surface area contributed by atoms with Gasteiger partial charge in [-0.15, -0.1) is 0 Å². The minimum atomic E-state index is -0.886. The van der Waals surface area contributed by atoms with Crippen LogP contribution >= 0.6 is 0 Å². The van der Waals surface area contributed by atoms with Gasteiger partial charge in [0.15, 0.2) is 11.6 Å². The highest BCUT2D eigenvalue weighted by molar-refractivity contribution is 5.70. The molecule has 160 valence electrons. The Morgan fingerprint density at radius 1 is 1.19 bits per heavy atom. The van der Waals surface area contributed by atoms with Crippen molar-refractivity contribution in [2.45, 2.75) is 6.23 Å². The number of hydrogen-bond acceptors (Lipinski definition) is 8. The molecule has 0 saturated heterocycles. The van der Waals surface area contributed by atoms with Crippen LogP contribution in [0.4, 0.5) is 38.9 Å². The maximum Gasteiger partial charge on any atom is 0.229 e. The Hall–Kier alpha value is -3.85. The van der Waals surface area contributed by atoms with Crippen molar-refractivity contribution >= 4 is 34.5 Å². The van der Waals surface area contributed by atoms with Crippen molar-refractivity contribution in [3.63, 3.8) is 0 Å². The first-order valence-electron chi connectivity index (χ1n) is 9.73. The number of nitrogens with one attached hydrogen (secondary N) is 3. The first-order chi connectivity index (χ1) is 15.0. The van der Waals surface area contributed by atoms with Crippen LogP contribution in [0.2, 0.25) is 0 Å². The van der Waals surface area contributed by atoms with E-state index in [0.29, 0.717) is 18.0 Å². The van der Waals surface area contributed by atoms with Crippen LogP contribution in [0.1, 0.15) is 0 Å². The van der Waals surface area contributed by atoms with Gasteiger partial charge in [0, 0.05) is 24.1 Å². The molecular weight excluding hydrogens is 399 g/mol. The molecule has 0 amide bonds. The fourth-order valence-electron chi connectivity index (χ4n) is 3.13. The molecule has 4 rings (SSSR count). The lowest BCUT2D eigenvalue weighted by atomic mass is 10.2. The summed E-state index contributed by atoms with van der Waals surface area (Å²) in [5, 5.41) is 18.6. The standard InChI is InChI=1S/C22H23FN6O2/c1-3-20(30)25-14-5-4-6-15(11-14)26-21-17(23)13-24-22(28-21)27-16-7-8-19-18(12-16)29(2)9-10-31-19/h3-8,11-13,20,25,30H,1,9-10H2,2H3,(H2,24,26,27,28). The van der Waals surface area contributed by atoms with Gasteiger partial charge in [-0.05, 0) is 42.5 Å². The molecule has 1 aromatic heterocycles. The van der Waals surface area contributed by atoms with Crippen LogP contribution in [-0.4, -0.2) is 41.5 Å². The Morgan fingerprint density at radius 2 is 2.00 bits per heavy atom. The number of aromatic nitrogens is 2. The number of halogens is 1. The van der Waals surface area contributed by atoms with E-state index in [1.54, 1.807) is 24.3 Å². The molecule has 1 aliphatic rings.